The summed E-state index contributed by atoms with van der Waals surface area (Å²) in [6.07, 6.45) is 3.71. The summed E-state index contributed by atoms with van der Waals surface area (Å²) in [6, 6.07) is 9.75. The number of nitrogens with zero attached hydrogens (tertiary/aromatic N) is 3. The van der Waals surface area contributed by atoms with Crippen molar-refractivity contribution in [1.82, 2.24) is 19.9 Å². The molecule has 142 valence electrons. The highest BCUT2D eigenvalue weighted by Crippen LogP contribution is 2.14. The number of aryl methyl sites for hydroxylation is 1. The van der Waals surface area contributed by atoms with Gasteiger partial charge in [0.1, 0.15) is 5.69 Å². The van der Waals surface area contributed by atoms with Gasteiger partial charge in [-0.3, -0.25) is 9.59 Å². The van der Waals surface area contributed by atoms with Gasteiger partial charge in [-0.15, -0.1) is 11.3 Å². The molecule has 0 saturated heterocycles. The third-order valence-corrected chi connectivity index (χ3v) is 5.19. The first kappa shape index (κ1) is 18.1. The first-order valence-electron chi connectivity index (χ1n) is 8.78. The van der Waals surface area contributed by atoms with Gasteiger partial charge in [0.25, 0.3) is 5.56 Å². The van der Waals surface area contributed by atoms with Crippen LogP contribution in [0.15, 0.2) is 57.4 Å². The van der Waals surface area contributed by atoms with Crippen LogP contribution in [0.4, 0.5) is 0 Å². The summed E-state index contributed by atoms with van der Waals surface area (Å²) in [5.41, 5.74) is 3.77. The topological polar surface area (TPSA) is 89.5 Å². The van der Waals surface area contributed by atoms with Crippen LogP contribution >= 0.6 is 11.3 Å². The van der Waals surface area contributed by atoms with Crippen molar-refractivity contribution in [3.05, 3.63) is 86.7 Å². The van der Waals surface area contributed by atoms with Crippen LogP contribution in [0.1, 0.15) is 28.1 Å². The molecule has 1 aromatic carbocycles. The van der Waals surface area contributed by atoms with Crippen molar-refractivity contribution in [2.24, 2.45) is 0 Å². The molecule has 0 bridgehead atoms. The normalized spacial score (nSPS) is 11.0. The van der Waals surface area contributed by atoms with Crippen molar-refractivity contribution in [2.75, 3.05) is 0 Å². The molecular formula is C20H18N4O3S. The maximum atomic E-state index is 12.3. The SMILES string of the molecule is Cc1ccc(Cc2nn3c(CC(=O)NCc4ccoc4)csc3nc2=O)cc1. The van der Waals surface area contributed by atoms with Gasteiger partial charge in [-0.2, -0.15) is 10.1 Å². The number of thiazole rings is 1. The zero-order valence-electron chi connectivity index (χ0n) is 15.2. The van der Waals surface area contributed by atoms with Crippen LogP contribution in [0.25, 0.3) is 4.96 Å². The fraction of sp³-hybridized carbons (Fsp3) is 0.200. The van der Waals surface area contributed by atoms with E-state index in [0.717, 1.165) is 16.7 Å². The van der Waals surface area contributed by atoms with E-state index in [2.05, 4.69) is 15.4 Å². The molecule has 3 aromatic heterocycles. The van der Waals surface area contributed by atoms with Gasteiger partial charge >= 0.3 is 0 Å². The van der Waals surface area contributed by atoms with Crippen LogP contribution in [0.2, 0.25) is 0 Å². The van der Waals surface area contributed by atoms with Gasteiger partial charge < -0.3 is 9.73 Å². The number of hydrogen-bond donors (Lipinski definition) is 1. The van der Waals surface area contributed by atoms with E-state index in [9.17, 15) is 9.59 Å². The van der Waals surface area contributed by atoms with Crippen molar-refractivity contribution < 1.29 is 9.21 Å². The summed E-state index contributed by atoms with van der Waals surface area (Å²) < 4.78 is 6.58. The highest BCUT2D eigenvalue weighted by atomic mass is 32.1. The fourth-order valence-electron chi connectivity index (χ4n) is 2.79. The Labute approximate surface area is 164 Å². The Morgan fingerprint density at radius 2 is 2.04 bits per heavy atom. The van der Waals surface area contributed by atoms with Crippen LogP contribution < -0.4 is 10.9 Å². The van der Waals surface area contributed by atoms with Crippen LogP contribution in [0.3, 0.4) is 0 Å². The number of hydrogen-bond acceptors (Lipinski definition) is 6. The predicted molar refractivity (Wildman–Crippen MR) is 105 cm³/mol. The lowest BCUT2D eigenvalue weighted by Crippen LogP contribution is -2.25. The number of rotatable bonds is 6. The van der Waals surface area contributed by atoms with E-state index in [-0.39, 0.29) is 17.9 Å². The fourth-order valence-corrected chi connectivity index (χ4v) is 3.60. The molecule has 4 rings (SSSR count). The lowest BCUT2D eigenvalue weighted by molar-refractivity contribution is -0.120. The van der Waals surface area contributed by atoms with Crippen molar-refractivity contribution in [1.29, 1.82) is 0 Å². The molecule has 0 saturated carbocycles. The lowest BCUT2D eigenvalue weighted by Gasteiger charge is -2.05. The molecule has 0 aliphatic rings. The molecule has 1 amide bonds. The second-order valence-electron chi connectivity index (χ2n) is 6.53. The van der Waals surface area contributed by atoms with E-state index in [1.54, 1.807) is 23.1 Å². The minimum atomic E-state index is -0.335. The Morgan fingerprint density at radius 3 is 2.79 bits per heavy atom. The second-order valence-corrected chi connectivity index (χ2v) is 7.37. The number of nitrogens with one attached hydrogen (secondary N) is 1. The van der Waals surface area contributed by atoms with Gasteiger partial charge in [0, 0.05) is 23.9 Å². The van der Waals surface area contributed by atoms with Crippen LogP contribution in [0.5, 0.6) is 0 Å². The monoisotopic (exact) mass is 394 g/mol. The zero-order valence-corrected chi connectivity index (χ0v) is 16.0. The van der Waals surface area contributed by atoms with Gasteiger partial charge in [0.05, 0.1) is 24.6 Å². The van der Waals surface area contributed by atoms with E-state index in [0.29, 0.717) is 29.3 Å². The average molecular weight is 394 g/mol. The molecule has 0 atom stereocenters. The van der Waals surface area contributed by atoms with Gasteiger partial charge in [-0.25, -0.2) is 4.52 Å². The Balaban J connectivity index is 1.53. The third-order valence-electron chi connectivity index (χ3n) is 4.32. The van der Waals surface area contributed by atoms with Crippen molar-refractivity contribution in [2.45, 2.75) is 26.3 Å². The standard InChI is InChI=1S/C20H18N4O3S/c1-13-2-4-14(5-3-13)8-17-19(26)22-20-24(23-17)16(12-28-20)9-18(25)21-10-15-6-7-27-11-15/h2-7,11-12H,8-10H2,1H3,(H,21,25). The summed E-state index contributed by atoms with van der Waals surface area (Å²) in [5.74, 6) is -0.138. The Morgan fingerprint density at radius 1 is 1.21 bits per heavy atom. The Hall–Kier alpha value is -3.26. The summed E-state index contributed by atoms with van der Waals surface area (Å²) in [4.78, 5) is 29.2. The Bertz CT molecular complexity index is 1160. The molecule has 0 aliphatic heterocycles. The average Bonchev–Trinajstić information content (AvgIpc) is 3.33. The van der Waals surface area contributed by atoms with Crippen molar-refractivity contribution in [3.63, 3.8) is 0 Å². The number of benzene rings is 1. The smallest absolute Gasteiger partial charge is 0.296 e. The first-order valence-corrected chi connectivity index (χ1v) is 9.66. The van der Waals surface area contributed by atoms with Gasteiger partial charge in [0.2, 0.25) is 10.9 Å². The maximum Gasteiger partial charge on any atom is 0.296 e. The molecule has 8 heteroatoms. The molecular weight excluding hydrogens is 376 g/mol. The molecule has 28 heavy (non-hydrogen) atoms. The van der Waals surface area contributed by atoms with E-state index >= 15 is 0 Å². The number of furan rings is 1. The molecule has 4 aromatic rings. The summed E-state index contributed by atoms with van der Waals surface area (Å²) in [7, 11) is 0. The van der Waals surface area contributed by atoms with Crippen LogP contribution in [0, 0.1) is 6.92 Å². The molecule has 0 radical (unpaired) electrons. The van der Waals surface area contributed by atoms with E-state index in [4.69, 9.17) is 4.42 Å². The number of fused-ring (bicyclic) bond motifs is 1. The number of carbonyl (C=O) groups is 1. The van der Waals surface area contributed by atoms with Crippen LogP contribution in [-0.2, 0) is 24.2 Å². The van der Waals surface area contributed by atoms with Crippen molar-refractivity contribution in [3.8, 4) is 0 Å². The largest absolute Gasteiger partial charge is 0.472 e. The highest BCUT2D eigenvalue weighted by Gasteiger charge is 2.14. The van der Waals surface area contributed by atoms with Gasteiger partial charge in [-0.1, -0.05) is 29.8 Å². The molecule has 0 spiro atoms. The number of aromatic nitrogens is 3. The molecule has 3 heterocycles. The zero-order chi connectivity index (χ0) is 19.5. The quantitative estimate of drug-likeness (QED) is 0.543. The minimum Gasteiger partial charge on any atom is -0.472 e. The third kappa shape index (κ3) is 4.01. The summed E-state index contributed by atoms with van der Waals surface area (Å²) >= 11 is 1.30. The molecule has 0 unspecified atom stereocenters. The summed E-state index contributed by atoms with van der Waals surface area (Å²) in [6.45, 7) is 2.41. The second kappa shape index (κ2) is 7.77. The van der Waals surface area contributed by atoms with E-state index in [1.807, 2.05) is 36.6 Å². The lowest BCUT2D eigenvalue weighted by atomic mass is 10.1. The Kier molecular flexibility index (Phi) is 5.03. The summed E-state index contributed by atoms with van der Waals surface area (Å²) in [5, 5.41) is 9.12. The van der Waals surface area contributed by atoms with Crippen LogP contribution in [-0.4, -0.2) is 20.5 Å². The predicted octanol–water partition coefficient (Wildman–Crippen LogP) is 2.50. The number of carbonyl (C=O) groups excluding carboxylic acids is 1. The maximum absolute atomic E-state index is 12.3. The highest BCUT2D eigenvalue weighted by molar-refractivity contribution is 7.15. The molecule has 0 aliphatic carbocycles. The van der Waals surface area contributed by atoms with Gasteiger partial charge in [-0.05, 0) is 18.6 Å². The van der Waals surface area contributed by atoms with Crippen molar-refractivity contribution >= 4 is 22.2 Å². The van der Waals surface area contributed by atoms with Gasteiger partial charge in [0.15, 0.2) is 0 Å². The minimum absolute atomic E-state index is 0.138. The molecule has 0 fully saturated rings. The van der Waals surface area contributed by atoms with E-state index in [1.165, 1.54) is 11.3 Å². The molecule has 7 nitrogen and oxygen atoms in total. The first-order chi connectivity index (χ1) is 13.6. The number of amides is 1. The van der Waals surface area contributed by atoms with E-state index < -0.39 is 0 Å². The molecule has 1 N–H and O–H groups in total.